The van der Waals surface area contributed by atoms with Crippen LogP contribution in [0.1, 0.15) is 43.8 Å². The molecule has 2 atom stereocenters. The van der Waals surface area contributed by atoms with E-state index in [4.69, 9.17) is 4.74 Å². The summed E-state index contributed by atoms with van der Waals surface area (Å²) in [5.41, 5.74) is 0.965. The SMILES string of the molecule is OC(c1cccc(OC2CC2)c1)C1CCCCN1. The standard InChI is InChI=1S/C15H21NO2/c17-15(14-6-1-2-9-16-14)11-4-3-5-13(10-11)18-12-7-8-12/h3-5,10,12,14-17H,1-2,6-9H2. The number of aliphatic hydroxyl groups excluding tert-OH is 1. The van der Waals surface area contributed by atoms with Crippen molar-refractivity contribution < 1.29 is 9.84 Å². The third-order valence-corrected chi connectivity index (χ3v) is 3.76. The van der Waals surface area contributed by atoms with Crippen molar-refractivity contribution in [2.75, 3.05) is 6.54 Å². The number of ether oxygens (including phenoxy) is 1. The van der Waals surface area contributed by atoms with Crippen LogP contribution in [0.25, 0.3) is 0 Å². The van der Waals surface area contributed by atoms with E-state index in [1.807, 2.05) is 24.3 Å². The Balaban J connectivity index is 1.69. The first-order chi connectivity index (χ1) is 8.83. The highest BCUT2D eigenvalue weighted by atomic mass is 16.5. The largest absolute Gasteiger partial charge is 0.490 e. The van der Waals surface area contributed by atoms with Crippen molar-refractivity contribution in [3.63, 3.8) is 0 Å². The molecular formula is C15H21NO2. The number of rotatable bonds is 4. The molecule has 1 saturated carbocycles. The Labute approximate surface area is 108 Å². The second-order valence-electron chi connectivity index (χ2n) is 5.39. The molecule has 98 valence electrons. The average Bonchev–Trinajstić information content (AvgIpc) is 3.23. The van der Waals surface area contributed by atoms with E-state index >= 15 is 0 Å². The zero-order valence-electron chi connectivity index (χ0n) is 10.6. The number of nitrogens with one attached hydrogen (secondary N) is 1. The molecule has 1 heterocycles. The molecule has 2 aliphatic rings. The summed E-state index contributed by atoms with van der Waals surface area (Å²) in [6.07, 6.45) is 5.78. The van der Waals surface area contributed by atoms with Gasteiger partial charge in [0.15, 0.2) is 0 Å². The predicted octanol–water partition coefficient (Wildman–Crippen LogP) is 2.40. The fourth-order valence-electron chi connectivity index (χ4n) is 2.53. The maximum atomic E-state index is 10.4. The van der Waals surface area contributed by atoms with Gasteiger partial charge in [-0.1, -0.05) is 18.6 Å². The minimum atomic E-state index is -0.423. The lowest BCUT2D eigenvalue weighted by Crippen LogP contribution is -2.38. The molecule has 2 N–H and O–H groups in total. The minimum Gasteiger partial charge on any atom is -0.490 e. The summed E-state index contributed by atoms with van der Waals surface area (Å²) in [7, 11) is 0. The van der Waals surface area contributed by atoms with E-state index in [1.54, 1.807) is 0 Å². The monoisotopic (exact) mass is 247 g/mol. The van der Waals surface area contributed by atoms with Crippen LogP contribution >= 0.6 is 0 Å². The van der Waals surface area contributed by atoms with Crippen LogP contribution in [0.15, 0.2) is 24.3 Å². The number of benzene rings is 1. The molecule has 2 fully saturated rings. The maximum Gasteiger partial charge on any atom is 0.120 e. The van der Waals surface area contributed by atoms with Gasteiger partial charge in [-0.25, -0.2) is 0 Å². The second kappa shape index (κ2) is 5.29. The van der Waals surface area contributed by atoms with Gasteiger partial charge in [-0.3, -0.25) is 0 Å². The lowest BCUT2D eigenvalue weighted by Gasteiger charge is -2.28. The van der Waals surface area contributed by atoms with E-state index in [-0.39, 0.29) is 6.04 Å². The molecule has 0 amide bonds. The number of hydrogen-bond donors (Lipinski definition) is 2. The Hall–Kier alpha value is -1.06. The van der Waals surface area contributed by atoms with Crippen molar-refractivity contribution in [3.05, 3.63) is 29.8 Å². The van der Waals surface area contributed by atoms with Crippen molar-refractivity contribution >= 4 is 0 Å². The third-order valence-electron chi connectivity index (χ3n) is 3.76. The predicted molar refractivity (Wildman–Crippen MR) is 70.7 cm³/mol. The van der Waals surface area contributed by atoms with Gasteiger partial charge in [0.1, 0.15) is 5.75 Å². The molecule has 3 nitrogen and oxygen atoms in total. The quantitative estimate of drug-likeness (QED) is 0.858. The van der Waals surface area contributed by atoms with Gasteiger partial charge in [-0.2, -0.15) is 0 Å². The Kier molecular flexibility index (Phi) is 3.52. The molecule has 0 radical (unpaired) electrons. The summed E-state index contributed by atoms with van der Waals surface area (Å²) in [4.78, 5) is 0. The first-order valence-electron chi connectivity index (χ1n) is 7.01. The number of aliphatic hydroxyl groups is 1. The fourth-order valence-corrected chi connectivity index (χ4v) is 2.53. The maximum absolute atomic E-state index is 10.4. The van der Waals surface area contributed by atoms with Gasteiger partial charge in [0, 0.05) is 6.04 Å². The Morgan fingerprint density at radius 1 is 1.22 bits per heavy atom. The van der Waals surface area contributed by atoms with Crippen molar-refractivity contribution in [1.29, 1.82) is 0 Å². The van der Waals surface area contributed by atoms with Crippen LogP contribution < -0.4 is 10.1 Å². The normalized spacial score (nSPS) is 25.7. The van der Waals surface area contributed by atoms with Gasteiger partial charge < -0.3 is 15.2 Å². The first kappa shape index (κ1) is 12.0. The molecule has 1 saturated heterocycles. The molecule has 1 aliphatic carbocycles. The summed E-state index contributed by atoms with van der Waals surface area (Å²) in [6.45, 7) is 1.01. The molecule has 1 aromatic carbocycles. The van der Waals surface area contributed by atoms with Gasteiger partial charge in [0.2, 0.25) is 0 Å². The van der Waals surface area contributed by atoms with Crippen molar-refractivity contribution in [2.24, 2.45) is 0 Å². The van der Waals surface area contributed by atoms with Crippen molar-refractivity contribution in [3.8, 4) is 5.75 Å². The molecule has 18 heavy (non-hydrogen) atoms. The topological polar surface area (TPSA) is 41.5 Å². The van der Waals surface area contributed by atoms with E-state index in [0.717, 1.165) is 37.1 Å². The molecular weight excluding hydrogens is 226 g/mol. The molecule has 3 heteroatoms. The van der Waals surface area contributed by atoms with Crippen LogP contribution in [0.4, 0.5) is 0 Å². The van der Waals surface area contributed by atoms with Crippen LogP contribution in [0, 0.1) is 0 Å². The van der Waals surface area contributed by atoms with Crippen LogP contribution in [0.3, 0.4) is 0 Å². The van der Waals surface area contributed by atoms with E-state index in [9.17, 15) is 5.11 Å². The summed E-state index contributed by atoms with van der Waals surface area (Å²) >= 11 is 0. The second-order valence-corrected chi connectivity index (χ2v) is 5.39. The molecule has 2 unspecified atom stereocenters. The van der Waals surface area contributed by atoms with Crippen molar-refractivity contribution in [2.45, 2.75) is 50.4 Å². The van der Waals surface area contributed by atoms with E-state index < -0.39 is 6.10 Å². The summed E-state index contributed by atoms with van der Waals surface area (Å²) in [5, 5.41) is 13.8. The van der Waals surface area contributed by atoms with E-state index in [0.29, 0.717) is 6.10 Å². The highest BCUT2D eigenvalue weighted by molar-refractivity contribution is 5.31. The van der Waals surface area contributed by atoms with Gasteiger partial charge in [0.25, 0.3) is 0 Å². The highest BCUT2D eigenvalue weighted by Gasteiger charge is 2.25. The Bertz CT molecular complexity index is 397. The zero-order valence-corrected chi connectivity index (χ0v) is 10.6. The Morgan fingerprint density at radius 3 is 2.83 bits per heavy atom. The molecule has 1 aromatic rings. The minimum absolute atomic E-state index is 0.190. The van der Waals surface area contributed by atoms with E-state index in [1.165, 1.54) is 12.8 Å². The van der Waals surface area contributed by atoms with Crippen LogP contribution in [-0.4, -0.2) is 23.8 Å². The highest BCUT2D eigenvalue weighted by Crippen LogP contribution is 2.30. The summed E-state index contributed by atoms with van der Waals surface area (Å²) < 4.78 is 5.77. The van der Waals surface area contributed by atoms with E-state index in [2.05, 4.69) is 5.32 Å². The fraction of sp³-hybridized carbons (Fsp3) is 0.600. The third kappa shape index (κ3) is 2.85. The summed E-state index contributed by atoms with van der Waals surface area (Å²) in [5.74, 6) is 0.893. The van der Waals surface area contributed by atoms with Gasteiger partial charge in [0.05, 0.1) is 12.2 Å². The lowest BCUT2D eigenvalue weighted by molar-refractivity contribution is 0.113. The molecule has 0 spiro atoms. The number of hydrogen-bond acceptors (Lipinski definition) is 3. The van der Waals surface area contributed by atoms with Crippen LogP contribution in [0.2, 0.25) is 0 Å². The smallest absolute Gasteiger partial charge is 0.120 e. The molecule has 0 aromatic heterocycles. The first-order valence-corrected chi connectivity index (χ1v) is 7.01. The average molecular weight is 247 g/mol. The zero-order chi connectivity index (χ0) is 12.4. The van der Waals surface area contributed by atoms with Crippen molar-refractivity contribution in [1.82, 2.24) is 5.32 Å². The van der Waals surface area contributed by atoms with Crippen LogP contribution in [-0.2, 0) is 0 Å². The van der Waals surface area contributed by atoms with Crippen LogP contribution in [0.5, 0.6) is 5.75 Å². The molecule has 3 rings (SSSR count). The van der Waals surface area contributed by atoms with Gasteiger partial charge in [-0.15, -0.1) is 0 Å². The van der Waals surface area contributed by atoms with Gasteiger partial charge in [-0.05, 0) is 49.9 Å². The molecule has 0 bridgehead atoms. The lowest BCUT2D eigenvalue weighted by atomic mass is 9.95. The number of piperidine rings is 1. The summed E-state index contributed by atoms with van der Waals surface area (Å²) in [6, 6.07) is 8.11. The Morgan fingerprint density at radius 2 is 2.11 bits per heavy atom. The van der Waals surface area contributed by atoms with Gasteiger partial charge >= 0.3 is 0 Å². The molecule has 1 aliphatic heterocycles.